The maximum Gasteiger partial charge on any atom is 0.244 e. The fraction of sp³-hybridized carbons (Fsp3) is 0.650. The van der Waals surface area contributed by atoms with E-state index >= 15 is 0 Å². The van der Waals surface area contributed by atoms with Gasteiger partial charge in [0.05, 0.1) is 15.7 Å². The Morgan fingerprint density at radius 3 is 2.73 bits per heavy atom. The van der Waals surface area contributed by atoms with Gasteiger partial charge < -0.3 is 9.84 Å². The van der Waals surface area contributed by atoms with Gasteiger partial charge in [0.1, 0.15) is 0 Å². The summed E-state index contributed by atoms with van der Waals surface area (Å²) < 4.78 is 33.6. The van der Waals surface area contributed by atoms with E-state index in [9.17, 15) is 13.2 Å². The lowest BCUT2D eigenvalue weighted by atomic mass is 9.85. The first-order valence-electron chi connectivity index (χ1n) is 10.7. The molecule has 0 spiro atoms. The standard InChI is InChI=1S/C20H26N4O4S2/c1-12-17(10-16(29-12)18-22-20(28-23-18)13-4-2-5-13)30(26,27)24-9-3-6-14(11-24)19(25)21-15-7-8-15/h10,13-15H,2-9,11H2,1H3,(H,21,25). The molecule has 0 bridgehead atoms. The number of carbonyl (C=O) groups excluding carboxylic acids is 1. The molecule has 1 saturated heterocycles. The van der Waals surface area contributed by atoms with Crippen LogP contribution in [0.25, 0.3) is 10.7 Å². The SMILES string of the molecule is Cc1sc(-c2noc(C3CCC3)n2)cc1S(=O)(=O)N1CCCC(C(=O)NC2CC2)C1. The van der Waals surface area contributed by atoms with Crippen LogP contribution >= 0.6 is 11.3 Å². The zero-order valence-electron chi connectivity index (χ0n) is 17.0. The van der Waals surface area contributed by atoms with Crippen molar-refractivity contribution in [1.82, 2.24) is 19.8 Å². The third-order valence-electron chi connectivity index (χ3n) is 6.29. The molecule has 3 fully saturated rings. The topological polar surface area (TPSA) is 105 Å². The average Bonchev–Trinajstić information content (AvgIpc) is 3.21. The third-order valence-corrected chi connectivity index (χ3v) is 9.45. The molecule has 162 valence electrons. The van der Waals surface area contributed by atoms with E-state index in [4.69, 9.17) is 4.52 Å². The highest BCUT2D eigenvalue weighted by molar-refractivity contribution is 7.89. The fourth-order valence-electron chi connectivity index (χ4n) is 4.05. The Hall–Kier alpha value is -1.78. The molecule has 8 nitrogen and oxygen atoms in total. The van der Waals surface area contributed by atoms with Gasteiger partial charge in [-0.1, -0.05) is 11.6 Å². The zero-order valence-corrected chi connectivity index (χ0v) is 18.6. The maximum atomic E-state index is 13.4. The van der Waals surface area contributed by atoms with Gasteiger partial charge in [0, 0.05) is 29.9 Å². The minimum atomic E-state index is -3.68. The van der Waals surface area contributed by atoms with Crippen molar-refractivity contribution >= 4 is 27.3 Å². The smallest absolute Gasteiger partial charge is 0.244 e. The van der Waals surface area contributed by atoms with Crippen LogP contribution in [0.5, 0.6) is 0 Å². The number of sulfonamides is 1. The van der Waals surface area contributed by atoms with E-state index in [2.05, 4.69) is 15.5 Å². The molecule has 1 unspecified atom stereocenters. The number of rotatable bonds is 6. The summed E-state index contributed by atoms with van der Waals surface area (Å²) in [5, 5.41) is 7.08. The molecule has 2 aliphatic carbocycles. The van der Waals surface area contributed by atoms with Crippen LogP contribution in [0.2, 0.25) is 0 Å². The lowest BCUT2D eigenvalue weighted by Gasteiger charge is -2.31. The Morgan fingerprint density at radius 1 is 1.23 bits per heavy atom. The molecule has 1 atom stereocenters. The van der Waals surface area contributed by atoms with Gasteiger partial charge in [-0.3, -0.25) is 4.79 Å². The molecule has 3 heterocycles. The van der Waals surface area contributed by atoms with Gasteiger partial charge in [-0.25, -0.2) is 8.42 Å². The summed E-state index contributed by atoms with van der Waals surface area (Å²) >= 11 is 1.36. The second-order valence-corrected chi connectivity index (χ2v) is 11.8. The van der Waals surface area contributed by atoms with Crippen LogP contribution in [0.4, 0.5) is 0 Å². The van der Waals surface area contributed by atoms with Crippen LogP contribution in [0.15, 0.2) is 15.5 Å². The molecule has 1 N–H and O–H groups in total. The van der Waals surface area contributed by atoms with E-state index < -0.39 is 10.0 Å². The molecule has 3 aliphatic rings. The number of hydrogen-bond acceptors (Lipinski definition) is 7. The van der Waals surface area contributed by atoms with Crippen molar-refractivity contribution in [3.63, 3.8) is 0 Å². The number of aromatic nitrogens is 2. The van der Waals surface area contributed by atoms with Crippen LogP contribution < -0.4 is 5.32 Å². The molecule has 1 amide bonds. The van der Waals surface area contributed by atoms with Crippen LogP contribution in [-0.4, -0.2) is 47.9 Å². The Kier molecular flexibility index (Phi) is 5.19. The predicted octanol–water partition coefficient (Wildman–Crippen LogP) is 3.05. The van der Waals surface area contributed by atoms with Crippen molar-refractivity contribution in [2.45, 2.75) is 68.7 Å². The van der Waals surface area contributed by atoms with E-state index in [1.807, 2.05) is 0 Å². The number of aryl methyl sites for hydroxylation is 1. The first-order valence-corrected chi connectivity index (χ1v) is 12.9. The normalized spacial score (nSPS) is 23.3. The van der Waals surface area contributed by atoms with Gasteiger partial charge in [-0.2, -0.15) is 9.29 Å². The van der Waals surface area contributed by atoms with E-state index in [1.165, 1.54) is 22.1 Å². The number of thiophene rings is 1. The molecule has 10 heteroatoms. The number of nitrogens with one attached hydrogen (secondary N) is 1. The van der Waals surface area contributed by atoms with Gasteiger partial charge in [0.25, 0.3) is 0 Å². The maximum absolute atomic E-state index is 13.4. The summed E-state index contributed by atoms with van der Waals surface area (Å²) in [6, 6.07) is 1.93. The quantitative estimate of drug-likeness (QED) is 0.725. The van der Waals surface area contributed by atoms with E-state index in [0.29, 0.717) is 40.4 Å². The number of nitrogens with zero attached hydrogens (tertiary/aromatic N) is 3. The highest BCUT2D eigenvalue weighted by Crippen LogP contribution is 2.38. The van der Waals surface area contributed by atoms with E-state index in [1.54, 1.807) is 13.0 Å². The van der Waals surface area contributed by atoms with Crippen LogP contribution in [0, 0.1) is 12.8 Å². The Bertz CT molecular complexity index is 1050. The molecule has 2 saturated carbocycles. The van der Waals surface area contributed by atoms with Crippen molar-refractivity contribution in [2.75, 3.05) is 13.1 Å². The Balaban J connectivity index is 1.34. The largest absolute Gasteiger partial charge is 0.353 e. The Morgan fingerprint density at radius 2 is 2.03 bits per heavy atom. The molecule has 0 aromatic carbocycles. The first-order chi connectivity index (χ1) is 14.4. The van der Waals surface area contributed by atoms with Crippen molar-refractivity contribution in [3.05, 3.63) is 16.8 Å². The monoisotopic (exact) mass is 450 g/mol. The van der Waals surface area contributed by atoms with Gasteiger partial charge in [0.15, 0.2) is 0 Å². The van der Waals surface area contributed by atoms with Gasteiger partial charge in [-0.15, -0.1) is 11.3 Å². The number of hydrogen-bond donors (Lipinski definition) is 1. The van der Waals surface area contributed by atoms with Crippen molar-refractivity contribution < 1.29 is 17.7 Å². The minimum Gasteiger partial charge on any atom is -0.353 e. The fourth-order valence-corrected chi connectivity index (χ4v) is 7.06. The van der Waals surface area contributed by atoms with Crippen molar-refractivity contribution in [3.8, 4) is 10.7 Å². The highest BCUT2D eigenvalue weighted by atomic mass is 32.2. The summed E-state index contributed by atoms with van der Waals surface area (Å²) in [5.74, 6) is 1.13. The molecule has 2 aromatic rings. The predicted molar refractivity (Wildman–Crippen MR) is 112 cm³/mol. The lowest BCUT2D eigenvalue weighted by Crippen LogP contribution is -2.45. The molecule has 30 heavy (non-hydrogen) atoms. The van der Waals surface area contributed by atoms with Gasteiger partial charge in [0.2, 0.25) is 27.6 Å². The highest BCUT2D eigenvalue weighted by Gasteiger charge is 2.36. The Labute approximate surface area is 180 Å². The van der Waals surface area contributed by atoms with Gasteiger partial charge >= 0.3 is 0 Å². The molecule has 5 rings (SSSR count). The summed E-state index contributed by atoms with van der Waals surface area (Å²) in [5.41, 5.74) is 0. The van der Waals surface area contributed by atoms with Gasteiger partial charge in [-0.05, 0) is 51.5 Å². The van der Waals surface area contributed by atoms with E-state index in [0.717, 1.165) is 32.1 Å². The molecule has 1 aliphatic heterocycles. The molecular formula is C20H26N4O4S2. The second kappa shape index (κ2) is 7.72. The lowest BCUT2D eigenvalue weighted by molar-refractivity contribution is -0.126. The minimum absolute atomic E-state index is 0.0181. The summed E-state index contributed by atoms with van der Waals surface area (Å²) in [7, 11) is -3.68. The molecule has 0 radical (unpaired) electrons. The molecular weight excluding hydrogens is 424 g/mol. The van der Waals surface area contributed by atoms with Crippen molar-refractivity contribution in [2.24, 2.45) is 5.92 Å². The second-order valence-electron chi connectivity index (χ2n) is 8.60. The molecule has 2 aromatic heterocycles. The average molecular weight is 451 g/mol. The third kappa shape index (κ3) is 3.80. The first kappa shape index (κ1) is 20.1. The van der Waals surface area contributed by atoms with Crippen molar-refractivity contribution in [1.29, 1.82) is 0 Å². The zero-order chi connectivity index (χ0) is 20.9. The van der Waals surface area contributed by atoms with Crippen LogP contribution in [-0.2, 0) is 14.8 Å². The summed E-state index contributed by atoms with van der Waals surface area (Å²) in [6.07, 6.45) is 6.77. The van der Waals surface area contributed by atoms with Crippen LogP contribution in [0.3, 0.4) is 0 Å². The number of piperidine rings is 1. The number of carbonyl (C=O) groups is 1. The summed E-state index contributed by atoms with van der Waals surface area (Å²) in [4.78, 5) is 18.6. The van der Waals surface area contributed by atoms with Crippen LogP contribution in [0.1, 0.15) is 61.6 Å². The summed E-state index contributed by atoms with van der Waals surface area (Å²) in [6.45, 7) is 2.48. The number of amides is 1. The van der Waals surface area contributed by atoms with E-state index in [-0.39, 0.29) is 29.3 Å².